The van der Waals surface area contributed by atoms with E-state index in [4.69, 9.17) is 9.47 Å². The summed E-state index contributed by atoms with van der Waals surface area (Å²) in [7, 11) is 0. The quantitative estimate of drug-likeness (QED) is 0.702. The van der Waals surface area contributed by atoms with Crippen molar-refractivity contribution in [1.82, 2.24) is 0 Å². The summed E-state index contributed by atoms with van der Waals surface area (Å²) >= 11 is 0. The van der Waals surface area contributed by atoms with E-state index < -0.39 is 0 Å². The molecule has 0 spiro atoms. The van der Waals surface area contributed by atoms with E-state index in [1.807, 2.05) is 6.07 Å². The third-order valence-electron chi connectivity index (χ3n) is 2.76. The molecule has 0 radical (unpaired) electrons. The summed E-state index contributed by atoms with van der Waals surface area (Å²) in [5.41, 5.74) is 2.75. The minimum atomic E-state index is 0.102. The van der Waals surface area contributed by atoms with Crippen molar-refractivity contribution in [3.63, 3.8) is 0 Å². The molecule has 0 aliphatic carbocycles. The van der Waals surface area contributed by atoms with E-state index in [0.29, 0.717) is 6.79 Å². The standard InChI is InChI=1S/C13H18O2/c1-5-9-6-7-10-12(15-8-14-10)11(9)13(2,3)4/h6-7H,5,8H2,1-4H3. The highest BCUT2D eigenvalue weighted by molar-refractivity contribution is 5.54. The van der Waals surface area contributed by atoms with Crippen LogP contribution in [0.5, 0.6) is 11.5 Å². The zero-order valence-corrected chi connectivity index (χ0v) is 9.89. The fraction of sp³-hybridized carbons (Fsp3) is 0.538. The zero-order valence-electron chi connectivity index (χ0n) is 9.89. The summed E-state index contributed by atoms with van der Waals surface area (Å²) in [5, 5.41) is 0. The van der Waals surface area contributed by atoms with Gasteiger partial charge in [-0.05, 0) is 23.5 Å². The van der Waals surface area contributed by atoms with E-state index in [1.54, 1.807) is 0 Å². The summed E-state index contributed by atoms with van der Waals surface area (Å²) in [4.78, 5) is 0. The number of hydrogen-bond acceptors (Lipinski definition) is 2. The van der Waals surface area contributed by atoms with Gasteiger partial charge in [0.2, 0.25) is 6.79 Å². The van der Waals surface area contributed by atoms with Crippen LogP contribution in [-0.4, -0.2) is 6.79 Å². The molecule has 0 unspecified atom stereocenters. The molecule has 0 fully saturated rings. The molecule has 2 nitrogen and oxygen atoms in total. The lowest BCUT2D eigenvalue weighted by molar-refractivity contribution is 0.172. The maximum Gasteiger partial charge on any atom is 0.231 e. The molecule has 1 heterocycles. The van der Waals surface area contributed by atoms with Crippen LogP contribution in [0.1, 0.15) is 38.8 Å². The molecular weight excluding hydrogens is 188 g/mol. The predicted octanol–water partition coefficient (Wildman–Crippen LogP) is 3.28. The maximum absolute atomic E-state index is 5.58. The molecule has 0 amide bonds. The fourth-order valence-corrected chi connectivity index (χ4v) is 2.13. The first-order chi connectivity index (χ1) is 7.04. The third-order valence-corrected chi connectivity index (χ3v) is 2.76. The second-order valence-corrected chi connectivity index (χ2v) is 4.94. The Morgan fingerprint density at radius 2 is 1.93 bits per heavy atom. The minimum absolute atomic E-state index is 0.102. The molecule has 0 saturated heterocycles. The molecule has 1 aliphatic heterocycles. The van der Waals surface area contributed by atoms with Crippen LogP contribution in [0.4, 0.5) is 0 Å². The normalized spacial score (nSPS) is 14.4. The lowest BCUT2D eigenvalue weighted by Gasteiger charge is -2.24. The summed E-state index contributed by atoms with van der Waals surface area (Å²) in [6.45, 7) is 9.16. The zero-order chi connectivity index (χ0) is 11.1. The predicted molar refractivity (Wildman–Crippen MR) is 60.6 cm³/mol. The van der Waals surface area contributed by atoms with Crippen LogP contribution < -0.4 is 9.47 Å². The first kappa shape index (κ1) is 10.3. The Bertz CT molecular complexity index is 375. The van der Waals surface area contributed by atoms with Crippen molar-refractivity contribution in [2.24, 2.45) is 0 Å². The van der Waals surface area contributed by atoms with Gasteiger partial charge in [-0.2, -0.15) is 0 Å². The van der Waals surface area contributed by atoms with Crippen LogP contribution in [0.3, 0.4) is 0 Å². The molecule has 0 N–H and O–H groups in total. The van der Waals surface area contributed by atoms with Gasteiger partial charge in [0.05, 0.1) is 0 Å². The van der Waals surface area contributed by atoms with Crippen molar-refractivity contribution >= 4 is 0 Å². The second-order valence-electron chi connectivity index (χ2n) is 4.94. The molecule has 15 heavy (non-hydrogen) atoms. The van der Waals surface area contributed by atoms with Crippen molar-refractivity contribution in [3.8, 4) is 11.5 Å². The van der Waals surface area contributed by atoms with Crippen molar-refractivity contribution in [2.75, 3.05) is 6.79 Å². The smallest absolute Gasteiger partial charge is 0.231 e. The molecule has 82 valence electrons. The molecule has 0 aromatic heterocycles. The van der Waals surface area contributed by atoms with Gasteiger partial charge in [-0.25, -0.2) is 0 Å². The van der Waals surface area contributed by atoms with Crippen molar-refractivity contribution in [1.29, 1.82) is 0 Å². The van der Waals surface area contributed by atoms with Gasteiger partial charge >= 0.3 is 0 Å². The van der Waals surface area contributed by atoms with Gasteiger partial charge < -0.3 is 9.47 Å². The van der Waals surface area contributed by atoms with E-state index >= 15 is 0 Å². The van der Waals surface area contributed by atoms with E-state index in [0.717, 1.165) is 17.9 Å². The Hall–Kier alpha value is -1.18. The first-order valence-corrected chi connectivity index (χ1v) is 5.46. The Morgan fingerprint density at radius 3 is 2.53 bits per heavy atom. The van der Waals surface area contributed by atoms with E-state index in [1.165, 1.54) is 11.1 Å². The molecule has 0 bridgehead atoms. The van der Waals surface area contributed by atoms with Gasteiger partial charge in [-0.15, -0.1) is 0 Å². The second kappa shape index (κ2) is 3.44. The van der Waals surface area contributed by atoms with E-state index in [-0.39, 0.29) is 5.41 Å². The summed E-state index contributed by atoms with van der Waals surface area (Å²) in [6, 6.07) is 4.16. The van der Waals surface area contributed by atoms with Gasteiger partial charge in [0.1, 0.15) is 0 Å². The fourth-order valence-electron chi connectivity index (χ4n) is 2.13. The summed E-state index contributed by atoms with van der Waals surface area (Å²) in [5.74, 6) is 1.83. The van der Waals surface area contributed by atoms with Crippen LogP contribution >= 0.6 is 0 Å². The highest BCUT2D eigenvalue weighted by atomic mass is 16.7. The Kier molecular flexibility index (Phi) is 2.37. The first-order valence-electron chi connectivity index (χ1n) is 5.46. The summed E-state index contributed by atoms with van der Waals surface area (Å²) in [6.07, 6.45) is 1.03. The SMILES string of the molecule is CCc1ccc2c(c1C(C)(C)C)OCO2. The van der Waals surface area contributed by atoms with Crippen molar-refractivity contribution in [2.45, 2.75) is 39.5 Å². The van der Waals surface area contributed by atoms with Crippen molar-refractivity contribution < 1.29 is 9.47 Å². The molecule has 2 heteroatoms. The van der Waals surface area contributed by atoms with Crippen LogP contribution in [0.15, 0.2) is 12.1 Å². The van der Waals surface area contributed by atoms with Crippen LogP contribution in [0, 0.1) is 0 Å². The van der Waals surface area contributed by atoms with Gasteiger partial charge in [0, 0.05) is 5.56 Å². The highest BCUT2D eigenvalue weighted by Gasteiger charge is 2.27. The molecule has 1 aliphatic rings. The lowest BCUT2D eigenvalue weighted by atomic mass is 9.82. The number of hydrogen-bond donors (Lipinski definition) is 0. The number of rotatable bonds is 1. The van der Waals surface area contributed by atoms with Gasteiger partial charge in [0.25, 0.3) is 0 Å². The Morgan fingerprint density at radius 1 is 1.20 bits per heavy atom. The molecule has 0 saturated carbocycles. The molecular formula is C13H18O2. The van der Waals surface area contributed by atoms with Crippen LogP contribution in [0.2, 0.25) is 0 Å². The molecule has 0 atom stereocenters. The molecule has 2 rings (SSSR count). The number of aryl methyl sites for hydroxylation is 1. The van der Waals surface area contributed by atoms with Crippen molar-refractivity contribution in [3.05, 3.63) is 23.3 Å². The van der Waals surface area contributed by atoms with Gasteiger partial charge in [0.15, 0.2) is 11.5 Å². The largest absolute Gasteiger partial charge is 0.454 e. The minimum Gasteiger partial charge on any atom is -0.454 e. The van der Waals surface area contributed by atoms with Gasteiger partial charge in [-0.3, -0.25) is 0 Å². The number of ether oxygens (including phenoxy) is 2. The number of benzene rings is 1. The molecule has 1 aromatic rings. The average molecular weight is 206 g/mol. The maximum atomic E-state index is 5.58. The Labute approximate surface area is 91.2 Å². The monoisotopic (exact) mass is 206 g/mol. The third kappa shape index (κ3) is 1.69. The Balaban J connectivity index is 2.63. The van der Waals surface area contributed by atoms with E-state index in [9.17, 15) is 0 Å². The van der Waals surface area contributed by atoms with Gasteiger partial charge in [-0.1, -0.05) is 33.8 Å². The average Bonchev–Trinajstić information content (AvgIpc) is 2.61. The number of fused-ring (bicyclic) bond motifs is 1. The lowest BCUT2D eigenvalue weighted by Crippen LogP contribution is -2.15. The van der Waals surface area contributed by atoms with Crippen LogP contribution in [-0.2, 0) is 11.8 Å². The highest BCUT2D eigenvalue weighted by Crippen LogP contribution is 2.43. The van der Waals surface area contributed by atoms with Crippen LogP contribution in [0.25, 0.3) is 0 Å². The summed E-state index contributed by atoms with van der Waals surface area (Å²) < 4.78 is 11.0. The van der Waals surface area contributed by atoms with E-state index in [2.05, 4.69) is 33.8 Å². The molecule has 1 aromatic carbocycles. The topological polar surface area (TPSA) is 18.5 Å².